The van der Waals surface area contributed by atoms with Gasteiger partial charge >= 0.3 is 5.97 Å². The summed E-state index contributed by atoms with van der Waals surface area (Å²) in [5.41, 5.74) is 0.330. The Kier molecular flexibility index (Phi) is 7.61. The number of rotatable bonds is 7. The summed E-state index contributed by atoms with van der Waals surface area (Å²) >= 11 is 0. The summed E-state index contributed by atoms with van der Waals surface area (Å²) in [6, 6.07) is 0. The molecule has 0 bridgehead atoms. The molecule has 0 heterocycles. The number of hydrogen-bond donors (Lipinski definition) is 1. The van der Waals surface area contributed by atoms with Crippen LogP contribution in [-0.2, 0) is 14.3 Å². The second-order valence-corrected chi connectivity index (χ2v) is 5.95. The summed E-state index contributed by atoms with van der Waals surface area (Å²) in [5.74, 6) is -0.0223. The molecule has 0 aromatic carbocycles. The predicted octanol–water partition coefficient (Wildman–Crippen LogP) is 2.48. The minimum absolute atomic E-state index is 0.0259. The lowest BCUT2D eigenvalue weighted by atomic mass is 10.0. The summed E-state index contributed by atoms with van der Waals surface area (Å²) < 4.78 is 5.19. The first-order valence-electron chi connectivity index (χ1n) is 6.77. The molecule has 0 aromatic rings. The molecule has 1 N–H and O–H groups in total. The van der Waals surface area contributed by atoms with Gasteiger partial charge in [0, 0.05) is 19.0 Å². The first kappa shape index (κ1) is 17.8. The van der Waals surface area contributed by atoms with E-state index in [9.17, 15) is 9.59 Å². The van der Waals surface area contributed by atoms with E-state index in [-0.39, 0.29) is 17.7 Å². The van der Waals surface area contributed by atoms with Crippen LogP contribution in [0.5, 0.6) is 0 Å². The van der Waals surface area contributed by atoms with Crippen LogP contribution in [-0.4, -0.2) is 30.4 Å². The van der Waals surface area contributed by atoms with Crippen LogP contribution in [0.3, 0.4) is 0 Å². The van der Waals surface area contributed by atoms with E-state index in [1.807, 2.05) is 47.6 Å². The molecule has 0 unspecified atom stereocenters. The molecule has 0 atom stereocenters. The van der Waals surface area contributed by atoms with Gasteiger partial charge < -0.3 is 10.1 Å². The third kappa shape index (κ3) is 9.42. The number of carbonyl (C=O) groups excluding carboxylic acids is 2. The van der Waals surface area contributed by atoms with Crippen LogP contribution >= 0.6 is 0 Å². The molecule has 19 heavy (non-hydrogen) atoms. The van der Waals surface area contributed by atoms with Crippen molar-refractivity contribution in [2.75, 3.05) is 13.1 Å². The summed E-state index contributed by atoms with van der Waals surface area (Å²) in [6.07, 6.45) is 2.19. The Morgan fingerprint density at radius 3 is 2.32 bits per heavy atom. The van der Waals surface area contributed by atoms with Gasteiger partial charge in [-0.05, 0) is 33.3 Å². The minimum Gasteiger partial charge on any atom is -0.460 e. The molecule has 4 nitrogen and oxygen atoms in total. The number of ketones is 1. The summed E-state index contributed by atoms with van der Waals surface area (Å²) in [5, 5.41) is 3.10. The molecule has 0 radical (unpaired) electrons. The third-order valence-corrected chi connectivity index (χ3v) is 2.39. The molecule has 0 aliphatic heterocycles. The van der Waals surface area contributed by atoms with Gasteiger partial charge in [0.15, 0.2) is 5.78 Å². The van der Waals surface area contributed by atoms with Gasteiger partial charge in [0.1, 0.15) is 5.60 Å². The maximum absolute atomic E-state index is 11.6. The van der Waals surface area contributed by atoms with E-state index in [1.165, 1.54) is 0 Å². The quantitative estimate of drug-likeness (QED) is 0.438. The lowest BCUT2D eigenvalue weighted by Crippen LogP contribution is -2.27. The second-order valence-electron chi connectivity index (χ2n) is 5.95. The van der Waals surface area contributed by atoms with E-state index < -0.39 is 5.60 Å². The fourth-order valence-electron chi connectivity index (χ4n) is 1.47. The molecule has 0 rings (SSSR count). The standard InChI is InChI=1S/C15H27NO3/c1-11(2)14(18)12(3)7-9-16-10-8-13(17)19-15(4,5)6/h7,11,16H,8-10H2,1-6H3/b12-7+. The number of Topliss-reactive ketones (excluding diaryl/α,β-unsaturated/α-hetero) is 1. The highest BCUT2D eigenvalue weighted by Crippen LogP contribution is 2.07. The minimum atomic E-state index is -0.433. The zero-order valence-electron chi connectivity index (χ0n) is 13.0. The van der Waals surface area contributed by atoms with Crippen LogP contribution in [0.1, 0.15) is 48.0 Å². The molecule has 0 aromatic heterocycles. The Balaban J connectivity index is 3.85. The summed E-state index contributed by atoms with van der Waals surface area (Å²) in [7, 11) is 0. The normalized spacial score (nSPS) is 12.7. The van der Waals surface area contributed by atoms with Gasteiger partial charge in [-0.25, -0.2) is 0 Å². The van der Waals surface area contributed by atoms with E-state index in [1.54, 1.807) is 0 Å². The predicted molar refractivity (Wildman–Crippen MR) is 76.9 cm³/mol. The molecule has 0 amide bonds. The molecular weight excluding hydrogens is 242 g/mol. The fraction of sp³-hybridized carbons (Fsp3) is 0.733. The van der Waals surface area contributed by atoms with Crippen LogP contribution < -0.4 is 5.32 Å². The first-order chi connectivity index (χ1) is 8.63. The van der Waals surface area contributed by atoms with Gasteiger partial charge in [-0.1, -0.05) is 19.9 Å². The highest BCUT2D eigenvalue weighted by atomic mass is 16.6. The van der Waals surface area contributed by atoms with Crippen LogP contribution in [0.4, 0.5) is 0 Å². The van der Waals surface area contributed by atoms with Crippen LogP contribution in [0.15, 0.2) is 11.6 Å². The molecule has 0 spiro atoms. The highest BCUT2D eigenvalue weighted by Gasteiger charge is 2.15. The van der Waals surface area contributed by atoms with Gasteiger partial charge in [0.05, 0.1) is 6.42 Å². The number of hydrogen-bond acceptors (Lipinski definition) is 4. The average Bonchev–Trinajstić information content (AvgIpc) is 2.24. The van der Waals surface area contributed by atoms with Crippen molar-refractivity contribution in [3.05, 3.63) is 11.6 Å². The molecular formula is C15H27NO3. The Morgan fingerprint density at radius 1 is 1.26 bits per heavy atom. The number of ether oxygens (including phenoxy) is 1. The maximum Gasteiger partial charge on any atom is 0.307 e. The van der Waals surface area contributed by atoms with E-state index >= 15 is 0 Å². The number of allylic oxidation sites excluding steroid dienone is 1. The van der Waals surface area contributed by atoms with Gasteiger partial charge in [0.2, 0.25) is 0 Å². The molecule has 110 valence electrons. The second kappa shape index (κ2) is 8.10. The smallest absolute Gasteiger partial charge is 0.307 e. The number of carbonyl (C=O) groups is 2. The molecule has 0 saturated heterocycles. The van der Waals surface area contributed by atoms with Gasteiger partial charge in [0.25, 0.3) is 0 Å². The SMILES string of the molecule is C/C(=C\CNCCC(=O)OC(C)(C)C)C(=O)C(C)C. The average molecular weight is 269 g/mol. The first-order valence-corrected chi connectivity index (χ1v) is 6.77. The lowest BCUT2D eigenvalue weighted by molar-refractivity contribution is -0.154. The Bertz CT molecular complexity index is 338. The highest BCUT2D eigenvalue weighted by molar-refractivity contribution is 5.96. The van der Waals surface area contributed by atoms with E-state index in [0.29, 0.717) is 19.5 Å². The van der Waals surface area contributed by atoms with Gasteiger partial charge in [-0.3, -0.25) is 9.59 Å². The van der Waals surface area contributed by atoms with Crippen LogP contribution in [0.25, 0.3) is 0 Å². The van der Waals surface area contributed by atoms with Gasteiger partial charge in [-0.2, -0.15) is 0 Å². The van der Waals surface area contributed by atoms with E-state index in [4.69, 9.17) is 4.74 Å². The molecule has 0 aliphatic rings. The van der Waals surface area contributed by atoms with Crippen molar-refractivity contribution in [3.8, 4) is 0 Å². The number of nitrogens with one attached hydrogen (secondary N) is 1. The van der Waals surface area contributed by atoms with Crippen molar-refractivity contribution < 1.29 is 14.3 Å². The van der Waals surface area contributed by atoms with Crippen molar-refractivity contribution in [2.24, 2.45) is 5.92 Å². The fourth-order valence-corrected chi connectivity index (χ4v) is 1.47. The monoisotopic (exact) mass is 269 g/mol. The Labute approximate surface area is 116 Å². The van der Waals surface area contributed by atoms with E-state index in [2.05, 4.69) is 5.32 Å². The van der Waals surface area contributed by atoms with Crippen molar-refractivity contribution in [1.82, 2.24) is 5.32 Å². The topological polar surface area (TPSA) is 55.4 Å². The molecule has 4 heteroatoms. The summed E-state index contributed by atoms with van der Waals surface area (Å²) in [6.45, 7) is 12.3. The lowest BCUT2D eigenvalue weighted by Gasteiger charge is -2.19. The van der Waals surface area contributed by atoms with E-state index in [0.717, 1.165) is 5.57 Å². The zero-order valence-corrected chi connectivity index (χ0v) is 13.0. The van der Waals surface area contributed by atoms with Crippen LogP contribution in [0, 0.1) is 5.92 Å². The summed E-state index contributed by atoms with van der Waals surface area (Å²) in [4.78, 5) is 23.0. The number of esters is 1. The molecule has 0 aliphatic carbocycles. The van der Waals surface area contributed by atoms with Gasteiger partial charge in [-0.15, -0.1) is 0 Å². The Hall–Kier alpha value is -1.16. The van der Waals surface area contributed by atoms with Crippen LogP contribution in [0.2, 0.25) is 0 Å². The van der Waals surface area contributed by atoms with Crippen molar-refractivity contribution in [3.63, 3.8) is 0 Å². The molecule has 0 saturated carbocycles. The molecule has 0 fully saturated rings. The Morgan fingerprint density at radius 2 is 1.84 bits per heavy atom. The third-order valence-electron chi connectivity index (χ3n) is 2.39. The zero-order chi connectivity index (χ0) is 15.1. The largest absolute Gasteiger partial charge is 0.460 e. The maximum atomic E-state index is 11.6. The van der Waals surface area contributed by atoms with Crippen molar-refractivity contribution in [2.45, 2.75) is 53.6 Å². The van der Waals surface area contributed by atoms with Crippen molar-refractivity contribution in [1.29, 1.82) is 0 Å². The van der Waals surface area contributed by atoms with Crippen molar-refractivity contribution >= 4 is 11.8 Å².